The van der Waals surface area contributed by atoms with Crippen LogP contribution < -0.4 is 4.90 Å². The molecule has 1 saturated heterocycles. The average molecular weight is 476 g/mol. The summed E-state index contributed by atoms with van der Waals surface area (Å²) in [5.41, 5.74) is 4.13. The number of benzene rings is 2. The molecular formula is C25H26ClN7O. The predicted molar refractivity (Wildman–Crippen MR) is 133 cm³/mol. The number of piperazine rings is 1. The number of halogens is 1. The van der Waals surface area contributed by atoms with Crippen molar-refractivity contribution in [1.29, 1.82) is 0 Å². The first-order valence-electron chi connectivity index (χ1n) is 11.4. The molecule has 4 aromatic rings. The van der Waals surface area contributed by atoms with E-state index in [9.17, 15) is 4.79 Å². The number of anilines is 1. The molecule has 9 heteroatoms. The van der Waals surface area contributed by atoms with Gasteiger partial charge in [-0.1, -0.05) is 49.7 Å². The Morgan fingerprint density at radius 3 is 2.53 bits per heavy atom. The highest BCUT2D eigenvalue weighted by molar-refractivity contribution is 6.31. The van der Waals surface area contributed by atoms with Crippen LogP contribution in [0.1, 0.15) is 25.3 Å². The van der Waals surface area contributed by atoms with Crippen molar-refractivity contribution in [2.24, 2.45) is 0 Å². The van der Waals surface area contributed by atoms with Gasteiger partial charge in [0, 0.05) is 54.0 Å². The Hall–Kier alpha value is -3.52. The monoisotopic (exact) mass is 475 g/mol. The maximum absolute atomic E-state index is 12.9. The predicted octanol–water partition coefficient (Wildman–Crippen LogP) is 4.01. The summed E-state index contributed by atoms with van der Waals surface area (Å²) < 4.78 is 0. The zero-order chi connectivity index (χ0) is 23.7. The minimum absolute atomic E-state index is 0.00914. The van der Waals surface area contributed by atoms with E-state index < -0.39 is 0 Å². The van der Waals surface area contributed by atoms with Gasteiger partial charge >= 0.3 is 0 Å². The third-order valence-corrected chi connectivity index (χ3v) is 6.45. The molecule has 1 amide bonds. The second kappa shape index (κ2) is 9.38. The molecule has 0 aliphatic carbocycles. The topological polar surface area (TPSA) is 80.0 Å². The van der Waals surface area contributed by atoms with E-state index in [2.05, 4.69) is 51.3 Å². The number of amides is 1. The van der Waals surface area contributed by atoms with Gasteiger partial charge in [-0.25, -0.2) is 0 Å². The minimum Gasteiger partial charge on any atom is -0.367 e. The second-order valence-corrected chi connectivity index (χ2v) is 9.22. The van der Waals surface area contributed by atoms with Crippen LogP contribution in [-0.4, -0.2) is 62.2 Å². The molecule has 0 bridgehead atoms. The molecule has 1 aliphatic heterocycles. The van der Waals surface area contributed by atoms with Gasteiger partial charge in [-0.15, -0.1) is 10.2 Å². The van der Waals surface area contributed by atoms with Crippen molar-refractivity contribution in [1.82, 2.24) is 30.1 Å². The number of rotatable bonds is 5. The van der Waals surface area contributed by atoms with Gasteiger partial charge in [-0.05, 0) is 41.0 Å². The molecule has 8 nitrogen and oxygen atoms in total. The summed E-state index contributed by atoms with van der Waals surface area (Å²) in [6, 6.07) is 15.9. The van der Waals surface area contributed by atoms with E-state index in [1.165, 1.54) is 10.4 Å². The maximum atomic E-state index is 12.9. The zero-order valence-electron chi connectivity index (χ0n) is 19.2. The molecule has 0 radical (unpaired) electrons. The molecule has 5 rings (SSSR count). The van der Waals surface area contributed by atoms with Gasteiger partial charge in [0.1, 0.15) is 6.54 Å². The van der Waals surface area contributed by atoms with Gasteiger partial charge in [0.05, 0.1) is 5.52 Å². The van der Waals surface area contributed by atoms with Gasteiger partial charge in [0.25, 0.3) is 0 Å². The van der Waals surface area contributed by atoms with Gasteiger partial charge in [-0.3, -0.25) is 9.78 Å². The molecule has 1 aliphatic rings. The van der Waals surface area contributed by atoms with Crippen LogP contribution in [0.25, 0.3) is 22.3 Å². The number of hydrogen-bond donors (Lipinski definition) is 0. The highest BCUT2D eigenvalue weighted by Gasteiger charge is 2.23. The molecule has 3 heterocycles. The van der Waals surface area contributed by atoms with Gasteiger partial charge in [0.15, 0.2) is 0 Å². The Kier molecular flexibility index (Phi) is 6.15. The van der Waals surface area contributed by atoms with E-state index in [4.69, 9.17) is 11.6 Å². The van der Waals surface area contributed by atoms with Crippen LogP contribution >= 0.6 is 11.6 Å². The Labute approximate surface area is 203 Å². The summed E-state index contributed by atoms with van der Waals surface area (Å²) in [6.45, 7) is 7.14. The van der Waals surface area contributed by atoms with Crippen molar-refractivity contribution in [2.45, 2.75) is 26.3 Å². The van der Waals surface area contributed by atoms with Gasteiger partial charge in [-0.2, -0.15) is 4.80 Å². The molecule has 1 fully saturated rings. The van der Waals surface area contributed by atoms with Crippen molar-refractivity contribution in [3.63, 3.8) is 0 Å². The molecule has 174 valence electrons. The molecular weight excluding hydrogens is 450 g/mol. The lowest BCUT2D eigenvalue weighted by molar-refractivity contribution is -0.132. The third-order valence-electron chi connectivity index (χ3n) is 6.22. The molecule has 0 N–H and O–H groups in total. The van der Waals surface area contributed by atoms with Crippen LogP contribution in [-0.2, 0) is 11.3 Å². The smallest absolute Gasteiger partial charge is 0.246 e. The molecule has 0 atom stereocenters. The number of hydrogen-bond acceptors (Lipinski definition) is 6. The Bertz CT molecular complexity index is 1310. The lowest BCUT2D eigenvalue weighted by atomic mass is 10.0. The fourth-order valence-corrected chi connectivity index (χ4v) is 4.41. The standard InChI is InChI=1S/C25H26ClN7O/c1-17(2)18-3-5-19(6-4-18)25-28-30-33(29-25)16-24(34)32-13-11-31(12-14-32)23-9-10-27-22-15-20(26)7-8-21(22)23/h3-10,15,17H,11-14,16H2,1-2H3. The fourth-order valence-electron chi connectivity index (χ4n) is 4.24. The first kappa shape index (κ1) is 22.3. The largest absolute Gasteiger partial charge is 0.367 e. The molecule has 0 saturated carbocycles. The Balaban J connectivity index is 1.21. The summed E-state index contributed by atoms with van der Waals surface area (Å²) in [6.07, 6.45) is 1.80. The molecule has 2 aromatic heterocycles. The average Bonchev–Trinajstić information content (AvgIpc) is 3.32. The maximum Gasteiger partial charge on any atom is 0.246 e. The van der Waals surface area contributed by atoms with Crippen LogP contribution in [0.3, 0.4) is 0 Å². The number of fused-ring (bicyclic) bond motifs is 1. The van der Waals surface area contributed by atoms with E-state index in [0.717, 1.165) is 35.2 Å². The summed E-state index contributed by atoms with van der Waals surface area (Å²) >= 11 is 6.12. The van der Waals surface area contributed by atoms with E-state index >= 15 is 0 Å². The summed E-state index contributed by atoms with van der Waals surface area (Å²) in [4.78, 5) is 22.8. The van der Waals surface area contributed by atoms with Gasteiger partial charge < -0.3 is 9.80 Å². The lowest BCUT2D eigenvalue weighted by Crippen LogP contribution is -2.49. The van der Waals surface area contributed by atoms with Crippen molar-refractivity contribution < 1.29 is 4.79 Å². The first-order valence-corrected chi connectivity index (χ1v) is 11.8. The van der Waals surface area contributed by atoms with Crippen molar-refractivity contribution in [3.8, 4) is 11.4 Å². The SMILES string of the molecule is CC(C)c1ccc(-c2nnn(CC(=O)N3CCN(c4ccnc5cc(Cl)ccc45)CC3)n2)cc1. The van der Waals surface area contributed by atoms with E-state index in [0.29, 0.717) is 29.9 Å². The van der Waals surface area contributed by atoms with Crippen LogP contribution in [0.2, 0.25) is 5.02 Å². The van der Waals surface area contributed by atoms with E-state index in [1.807, 2.05) is 41.3 Å². The van der Waals surface area contributed by atoms with Crippen LogP contribution in [0.4, 0.5) is 5.69 Å². The second-order valence-electron chi connectivity index (χ2n) is 8.78. The molecule has 0 spiro atoms. The van der Waals surface area contributed by atoms with Crippen LogP contribution in [0.5, 0.6) is 0 Å². The zero-order valence-corrected chi connectivity index (χ0v) is 20.0. The summed E-state index contributed by atoms with van der Waals surface area (Å²) in [7, 11) is 0. The Morgan fingerprint density at radius 2 is 1.79 bits per heavy atom. The fraction of sp³-hybridized carbons (Fsp3) is 0.320. The van der Waals surface area contributed by atoms with Crippen molar-refractivity contribution in [2.75, 3.05) is 31.1 Å². The number of aromatic nitrogens is 5. The molecule has 34 heavy (non-hydrogen) atoms. The number of carbonyl (C=O) groups excluding carboxylic acids is 1. The van der Waals surface area contributed by atoms with Crippen molar-refractivity contribution >= 4 is 34.1 Å². The minimum atomic E-state index is -0.00914. The highest BCUT2D eigenvalue weighted by atomic mass is 35.5. The van der Waals surface area contributed by atoms with E-state index in [-0.39, 0.29) is 12.5 Å². The summed E-state index contributed by atoms with van der Waals surface area (Å²) in [5.74, 6) is 0.981. The van der Waals surface area contributed by atoms with Gasteiger partial charge in [0.2, 0.25) is 11.7 Å². The Morgan fingerprint density at radius 1 is 1.03 bits per heavy atom. The number of nitrogens with zero attached hydrogens (tertiary/aromatic N) is 7. The van der Waals surface area contributed by atoms with Crippen LogP contribution in [0, 0.1) is 0 Å². The molecule has 0 unspecified atom stereocenters. The van der Waals surface area contributed by atoms with Crippen molar-refractivity contribution in [3.05, 3.63) is 65.3 Å². The lowest BCUT2D eigenvalue weighted by Gasteiger charge is -2.36. The third kappa shape index (κ3) is 4.59. The molecule has 2 aromatic carbocycles. The first-order chi connectivity index (χ1) is 16.5. The number of tetrazole rings is 1. The number of pyridine rings is 1. The quantitative estimate of drug-likeness (QED) is 0.434. The normalized spacial score (nSPS) is 14.2. The van der Waals surface area contributed by atoms with E-state index in [1.54, 1.807) is 6.20 Å². The van der Waals surface area contributed by atoms with Crippen LogP contribution in [0.15, 0.2) is 54.7 Å². The summed E-state index contributed by atoms with van der Waals surface area (Å²) in [5, 5.41) is 14.4. The number of carbonyl (C=O) groups is 1. The highest BCUT2D eigenvalue weighted by Crippen LogP contribution is 2.28.